The van der Waals surface area contributed by atoms with E-state index in [1.54, 1.807) is 12.1 Å². The molecule has 2 saturated heterocycles. The second-order valence-corrected chi connectivity index (χ2v) is 10.9. The molecule has 0 radical (unpaired) electrons. The Morgan fingerprint density at radius 3 is 1.86 bits per heavy atom. The van der Waals surface area contributed by atoms with Crippen LogP contribution in [0.3, 0.4) is 0 Å². The Bertz CT molecular complexity index is 1420. The van der Waals surface area contributed by atoms with E-state index in [0.717, 1.165) is 16.7 Å². The molecule has 0 spiro atoms. The quantitative estimate of drug-likeness (QED) is 0.284. The van der Waals surface area contributed by atoms with Crippen LogP contribution in [-0.4, -0.2) is 70.4 Å². The van der Waals surface area contributed by atoms with Gasteiger partial charge >= 0.3 is 0 Å². The lowest BCUT2D eigenvalue weighted by molar-refractivity contribution is -0.140. The molecule has 2 fully saturated rings. The molecule has 5 atom stereocenters. The minimum atomic E-state index is -0.967. The molecular weight excluding hydrogens is 534 g/mol. The third-order valence-electron chi connectivity index (χ3n) is 7.77. The fraction of sp³-hybridized carbons (Fsp3) is 0.312. The Kier molecular flexibility index (Phi) is 8.83. The van der Waals surface area contributed by atoms with Crippen LogP contribution < -0.4 is 21.7 Å². The van der Waals surface area contributed by atoms with Crippen LogP contribution in [-0.2, 0) is 38.4 Å². The maximum absolute atomic E-state index is 13.7. The highest BCUT2D eigenvalue weighted by Crippen LogP contribution is 2.22. The van der Waals surface area contributed by atoms with Crippen LogP contribution in [0.2, 0.25) is 0 Å². The average molecular weight is 570 g/mol. The SMILES string of the molecule is N[C@@H](Cc1ccc(O)cc1)C(=O)N1C[C@H]2C[C@H]1C(=O)N[C@H](Cc1ccccc1)C(=O)N[C@H](Cc1ccccc1)C(=O)N2. The largest absolute Gasteiger partial charge is 0.508 e. The van der Waals surface area contributed by atoms with Gasteiger partial charge in [-0.1, -0.05) is 72.8 Å². The number of benzene rings is 3. The van der Waals surface area contributed by atoms with Gasteiger partial charge in [0.15, 0.2) is 0 Å². The molecule has 0 aliphatic carbocycles. The Morgan fingerprint density at radius 1 is 0.762 bits per heavy atom. The molecule has 3 aromatic carbocycles. The number of hydrogen-bond acceptors (Lipinski definition) is 6. The normalized spacial score (nSPS) is 23.3. The van der Waals surface area contributed by atoms with E-state index in [0.29, 0.717) is 0 Å². The molecule has 10 heteroatoms. The molecule has 3 aromatic rings. The standard InChI is InChI=1S/C32H35N5O5/c33-25(15-22-11-13-24(38)14-12-22)32(42)37-19-23-18-28(37)31(41)36-27(17-21-9-5-2-6-10-21)30(40)35-26(29(39)34-23)16-20-7-3-1-4-8-20/h1-14,23,25-28,38H,15-19,33H2,(H,34,39)(H,35,40)(H,36,41)/t23-,25+,26-,27-,28+/m1/s1. The number of hydrogen-bond donors (Lipinski definition) is 5. The van der Waals surface area contributed by atoms with Gasteiger partial charge in [-0.15, -0.1) is 0 Å². The summed E-state index contributed by atoms with van der Waals surface area (Å²) in [4.78, 5) is 55.8. The van der Waals surface area contributed by atoms with Crippen LogP contribution in [0.15, 0.2) is 84.9 Å². The van der Waals surface area contributed by atoms with Crippen molar-refractivity contribution in [2.24, 2.45) is 5.73 Å². The molecular formula is C32H35N5O5. The van der Waals surface area contributed by atoms with Gasteiger partial charge in [0, 0.05) is 25.4 Å². The number of fused-ring (bicyclic) bond motifs is 2. The fourth-order valence-corrected chi connectivity index (χ4v) is 5.58. The third kappa shape index (κ3) is 6.95. The van der Waals surface area contributed by atoms with E-state index in [-0.39, 0.29) is 43.9 Å². The highest BCUT2D eigenvalue weighted by atomic mass is 16.3. The minimum Gasteiger partial charge on any atom is -0.508 e. The van der Waals surface area contributed by atoms with Crippen LogP contribution in [0.25, 0.3) is 0 Å². The number of aromatic hydroxyl groups is 1. The summed E-state index contributed by atoms with van der Waals surface area (Å²) in [6.45, 7) is 0.112. The van der Waals surface area contributed by atoms with Crippen molar-refractivity contribution in [3.8, 4) is 5.75 Å². The number of phenols is 1. The van der Waals surface area contributed by atoms with E-state index in [2.05, 4.69) is 16.0 Å². The van der Waals surface area contributed by atoms with Gasteiger partial charge in [-0.25, -0.2) is 0 Å². The number of rotatable bonds is 7. The first-order valence-corrected chi connectivity index (χ1v) is 14.1. The average Bonchev–Trinajstić information content (AvgIpc) is 3.41. The van der Waals surface area contributed by atoms with Crippen molar-refractivity contribution in [1.29, 1.82) is 0 Å². The van der Waals surface area contributed by atoms with E-state index < -0.39 is 47.9 Å². The molecule has 2 heterocycles. The van der Waals surface area contributed by atoms with Crippen molar-refractivity contribution >= 4 is 23.6 Å². The van der Waals surface area contributed by atoms with Crippen molar-refractivity contribution < 1.29 is 24.3 Å². The van der Waals surface area contributed by atoms with Gasteiger partial charge < -0.3 is 31.7 Å². The summed E-state index contributed by atoms with van der Waals surface area (Å²) in [5.41, 5.74) is 8.78. The molecule has 0 unspecified atom stereocenters. The second kappa shape index (κ2) is 12.9. The number of phenolic OH excluding ortho intramolecular Hbond substituents is 1. The molecule has 2 aliphatic heterocycles. The van der Waals surface area contributed by atoms with Gasteiger partial charge in [0.1, 0.15) is 23.9 Å². The van der Waals surface area contributed by atoms with E-state index in [1.807, 2.05) is 60.7 Å². The van der Waals surface area contributed by atoms with Crippen LogP contribution in [0.1, 0.15) is 23.1 Å². The summed E-state index contributed by atoms with van der Waals surface area (Å²) in [5.74, 6) is -1.67. The van der Waals surface area contributed by atoms with Gasteiger partial charge in [0.25, 0.3) is 0 Å². The topological polar surface area (TPSA) is 154 Å². The monoisotopic (exact) mass is 569 g/mol. The number of likely N-dealkylation sites (tertiary alicyclic amines) is 1. The highest BCUT2D eigenvalue weighted by molar-refractivity contribution is 5.96. The predicted octanol–water partition coefficient (Wildman–Crippen LogP) is 0.816. The molecule has 4 amide bonds. The number of nitrogens with two attached hydrogens (primary N) is 1. The van der Waals surface area contributed by atoms with Crippen LogP contribution in [0, 0.1) is 0 Å². The molecule has 10 nitrogen and oxygen atoms in total. The lowest BCUT2D eigenvalue weighted by Gasteiger charge is -2.29. The van der Waals surface area contributed by atoms with Crippen LogP contribution >= 0.6 is 0 Å². The van der Waals surface area contributed by atoms with Gasteiger partial charge in [0.05, 0.1) is 6.04 Å². The van der Waals surface area contributed by atoms with E-state index >= 15 is 0 Å². The first kappa shape index (κ1) is 28.8. The van der Waals surface area contributed by atoms with Crippen molar-refractivity contribution in [2.45, 2.75) is 55.9 Å². The van der Waals surface area contributed by atoms with Crippen molar-refractivity contribution in [3.63, 3.8) is 0 Å². The number of nitrogens with one attached hydrogen (secondary N) is 3. The summed E-state index contributed by atoms with van der Waals surface area (Å²) in [6.07, 6.45) is 0.877. The lowest BCUT2D eigenvalue weighted by atomic mass is 10.0. The molecule has 2 aliphatic rings. The van der Waals surface area contributed by atoms with Gasteiger partial charge in [-0.3, -0.25) is 19.2 Å². The van der Waals surface area contributed by atoms with Crippen LogP contribution in [0.5, 0.6) is 5.75 Å². The summed E-state index contributed by atoms with van der Waals surface area (Å²) in [7, 11) is 0. The maximum atomic E-state index is 13.7. The van der Waals surface area contributed by atoms with Crippen molar-refractivity contribution in [3.05, 3.63) is 102 Å². The summed E-state index contributed by atoms with van der Waals surface area (Å²) in [6, 6.07) is 20.9. The Hall–Kier alpha value is -4.70. The number of amides is 4. The highest BCUT2D eigenvalue weighted by Gasteiger charge is 2.44. The summed E-state index contributed by atoms with van der Waals surface area (Å²) in [5, 5.41) is 18.3. The number of carbonyl (C=O) groups is 4. The predicted molar refractivity (Wildman–Crippen MR) is 156 cm³/mol. The summed E-state index contributed by atoms with van der Waals surface area (Å²) >= 11 is 0. The fourth-order valence-electron chi connectivity index (χ4n) is 5.58. The molecule has 42 heavy (non-hydrogen) atoms. The van der Waals surface area contributed by atoms with Gasteiger partial charge in [-0.05, 0) is 41.7 Å². The van der Waals surface area contributed by atoms with E-state index in [9.17, 15) is 24.3 Å². The lowest BCUT2D eigenvalue weighted by Crippen LogP contribution is -2.59. The maximum Gasteiger partial charge on any atom is 0.243 e. The molecule has 0 aromatic heterocycles. The zero-order valence-electron chi connectivity index (χ0n) is 23.1. The smallest absolute Gasteiger partial charge is 0.243 e. The van der Waals surface area contributed by atoms with Gasteiger partial charge in [0.2, 0.25) is 23.6 Å². The van der Waals surface area contributed by atoms with Crippen LogP contribution in [0.4, 0.5) is 0 Å². The second-order valence-electron chi connectivity index (χ2n) is 10.9. The number of carbonyl (C=O) groups excluding carboxylic acids is 4. The summed E-state index contributed by atoms with van der Waals surface area (Å²) < 4.78 is 0. The van der Waals surface area contributed by atoms with E-state index in [4.69, 9.17) is 5.73 Å². The first-order valence-electron chi connectivity index (χ1n) is 14.1. The van der Waals surface area contributed by atoms with Crippen molar-refractivity contribution in [1.82, 2.24) is 20.9 Å². The number of nitrogens with zero attached hydrogens (tertiary/aromatic N) is 1. The zero-order valence-corrected chi connectivity index (χ0v) is 23.1. The first-order chi connectivity index (χ1) is 20.3. The molecule has 5 rings (SSSR count). The van der Waals surface area contributed by atoms with Crippen molar-refractivity contribution in [2.75, 3.05) is 6.54 Å². The third-order valence-corrected chi connectivity index (χ3v) is 7.77. The Labute approximate surface area is 244 Å². The molecule has 218 valence electrons. The molecule has 6 N–H and O–H groups in total. The minimum absolute atomic E-state index is 0.106. The Balaban J connectivity index is 1.41. The molecule has 2 bridgehead atoms. The van der Waals surface area contributed by atoms with E-state index in [1.165, 1.54) is 17.0 Å². The zero-order chi connectivity index (χ0) is 29.6. The molecule has 0 saturated carbocycles. The van der Waals surface area contributed by atoms with Gasteiger partial charge in [-0.2, -0.15) is 0 Å². The Morgan fingerprint density at radius 2 is 1.29 bits per heavy atom.